The summed E-state index contributed by atoms with van der Waals surface area (Å²) in [6.07, 6.45) is 6.17. The molecule has 1 aliphatic carbocycles. The van der Waals surface area contributed by atoms with Gasteiger partial charge in [-0.2, -0.15) is 0 Å². The molecule has 1 saturated carbocycles. The second-order valence-electron chi connectivity index (χ2n) is 3.95. The van der Waals surface area contributed by atoms with Gasteiger partial charge in [-0.25, -0.2) is 4.39 Å². The summed E-state index contributed by atoms with van der Waals surface area (Å²) in [5.74, 6) is 0.700. The lowest BCUT2D eigenvalue weighted by Gasteiger charge is -2.08. The average Bonchev–Trinajstić information content (AvgIpc) is 2.61. The third-order valence-corrected chi connectivity index (χ3v) is 2.94. The van der Waals surface area contributed by atoms with Crippen LogP contribution in [-0.4, -0.2) is 0 Å². The van der Waals surface area contributed by atoms with E-state index in [0.717, 1.165) is 17.9 Å². The van der Waals surface area contributed by atoms with Gasteiger partial charge < -0.3 is 0 Å². The molecule has 1 fully saturated rings. The zero-order chi connectivity index (χ0) is 9.10. The number of halogens is 1. The molecule has 13 heavy (non-hydrogen) atoms. The predicted molar refractivity (Wildman–Crippen MR) is 52.1 cm³/mol. The fourth-order valence-electron chi connectivity index (χ4n) is 2.19. The zero-order valence-corrected chi connectivity index (χ0v) is 7.80. The summed E-state index contributed by atoms with van der Waals surface area (Å²) in [5.41, 5.74) is 0.898. The van der Waals surface area contributed by atoms with Gasteiger partial charge in [-0.15, -0.1) is 0 Å². The monoisotopic (exact) mass is 178 g/mol. The quantitative estimate of drug-likeness (QED) is 0.649. The molecule has 1 aromatic carbocycles. The highest BCUT2D eigenvalue weighted by Gasteiger charge is 2.16. The summed E-state index contributed by atoms with van der Waals surface area (Å²) in [7, 11) is 0. The van der Waals surface area contributed by atoms with Crippen LogP contribution in [0.25, 0.3) is 0 Å². The van der Waals surface area contributed by atoms with Crippen LogP contribution < -0.4 is 0 Å². The van der Waals surface area contributed by atoms with E-state index in [4.69, 9.17) is 0 Å². The molecule has 1 aliphatic rings. The Hall–Kier alpha value is -0.850. The maximum Gasteiger partial charge on any atom is 0.126 e. The van der Waals surface area contributed by atoms with E-state index in [-0.39, 0.29) is 5.82 Å². The van der Waals surface area contributed by atoms with Crippen LogP contribution in [0.3, 0.4) is 0 Å². The van der Waals surface area contributed by atoms with Crippen molar-refractivity contribution in [1.82, 2.24) is 0 Å². The maximum atomic E-state index is 13.2. The predicted octanol–water partition coefficient (Wildman–Crippen LogP) is 3.56. The van der Waals surface area contributed by atoms with E-state index in [2.05, 4.69) is 0 Å². The lowest BCUT2D eigenvalue weighted by atomic mass is 9.98. The van der Waals surface area contributed by atoms with Gasteiger partial charge >= 0.3 is 0 Å². The van der Waals surface area contributed by atoms with Gasteiger partial charge in [-0.1, -0.05) is 43.9 Å². The molecule has 0 amide bonds. The minimum atomic E-state index is -0.0330. The Morgan fingerprint density at radius 1 is 1.15 bits per heavy atom. The molecule has 0 bridgehead atoms. The van der Waals surface area contributed by atoms with E-state index in [9.17, 15) is 4.39 Å². The average molecular weight is 178 g/mol. The van der Waals surface area contributed by atoms with Crippen molar-refractivity contribution in [1.29, 1.82) is 0 Å². The van der Waals surface area contributed by atoms with Crippen LogP contribution in [0, 0.1) is 11.7 Å². The molecule has 0 N–H and O–H groups in total. The number of rotatable bonds is 2. The standard InChI is InChI=1S/C12H15F/c13-12-8-4-3-7-11(12)9-10-5-1-2-6-10/h3-4,7-8,10H,1-2,5-6,9H2. The van der Waals surface area contributed by atoms with Gasteiger partial charge in [0, 0.05) is 0 Å². The van der Waals surface area contributed by atoms with E-state index in [1.54, 1.807) is 12.1 Å². The Labute approximate surface area is 78.8 Å². The zero-order valence-electron chi connectivity index (χ0n) is 7.80. The van der Waals surface area contributed by atoms with Gasteiger partial charge in [0.15, 0.2) is 0 Å². The van der Waals surface area contributed by atoms with Crippen LogP contribution in [0.2, 0.25) is 0 Å². The molecule has 2 rings (SSSR count). The second-order valence-corrected chi connectivity index (χ2v) is 3.95. The molecule has 0 saturated heterocycles. The van der Waals surface area contributed by atoms with E-state index in [0.29, 0.717) is 0 Å². The molecule has 0 aliphatic heterocycles. The van der Waals surface area contributed by atoms with Crippen LogP contribution in [0.15, 0.2) is 24.3 Å². The van der Waals surface area contributed by atoms with Crippen LogP contribution >= 0.6 is 0 Å². The summed E-state index contributed by atoms with van der Waals surface area (Å²) >= 11 is 0. The van der Waals surface area contributed by atoms with Crippen LogP contribution in [0.4, 0.5) is 4.39 Å². The SMILES string of the molecule is Fc1ccccc1CC1CCCC1. The first kappa shape index (κ1) is 8.74. The van der Waals surface area contributed by atoms with E-state index in [1.165, 1.54) is 25.7 Å². The summed E-state index contributed by atoms with van der Waals surface area (Å²) in [6.45, 7) is 0. The molecule has 1 aromatic rings. The number of benzene rings is 1. The fraction of sp³-hybridized carbons (Fsp3) is 0.500. The number of hydrogen-bond acceptors (Lipinski definition) is 0. The largest absolute Gasteiger partial charge is 0.207 e. The van der Waals surface area contributed by atoms with Gasteiger partial charge in [0.25, 0.3) is 0 Å². The molecule has 0 atom stereocenters. The van der Waals surface area contributed by atoms with Gasteiger partial charge in [0.2, 0.25) is 0 Å². The highest BCUT2D eigenvalue weighted by atomic mass is 19.1. The third-order valence-electron chi connectivity index (χ3n) is 2.94. The third kappa shape index (κ3) is 2.09. The maximum absolute atomic E-state index is 13.2. The summed E-state index contributed by atoms with van der Waals surface area (Å²) < 4.78 is 13.2. The molecule has 0 heterocycles. The molecule has 0 aromatic heterocycles. The highest BCUT2D eigenvalue weighted by Crippen LogP contribution is 2.28. The van der Waals surface area contributed by atoms with Crippen LogP contribution in [-0.2, 0) is 6.42 Å². The fourth-order valence-corrected chi connectivity index (χ4v) is 2.19. The van der Waals surface area contributed by atoms with Gasteiger partial charge in [0.1, 0.15) is 5.82 Å². The van der Waals surface area contributed by atoms with Crippen LogP contribution in [0.5, 0.6) is 0 Å². The van der Waals surface area contributed by atoms with Gasteiger partial charge in [0.05, 0.1) is 0 Å². The van der Waals surface area contributed by atoms with Crippen molar-refractivity contribution in [3.05, 3.63) is 35.6 Å². The van der Waals surface area contributed by atoms with Crippen molar-refractivity contribution in [2.24, 2.45) is 5.92 Å². The van der Waals surface area contributed by atoms with Gasteiger partial charge in [-0.3, -0.25) is 0 Å². The Kier molecular flexibility index (Phi) is 2.62. The molecule has 0 radical (unpaired) electrons. The van der Waals surface area contributed by atoms with Crippen molar-refractivity contribution < 1.29 is 4.39 Å². The first-order valence-corrected chi connectivity index (χ1v) is 5.09. The van der Waals surface area contributed by atoms with Crippen molar-refractivity contribution in [3.63, 3.8) is 0 Å². The van der Waals surface area contributed by atoms with Crippen molar-refractivity contribution in [3.8, 4) is 0 Å². The summed E-state index contributed by atoms with van der Waals surface area (Å²) in [5, 5.41) is 0. The number of hydrogen-bond donors (Lipinski definition) is 0. The Morgan fingerprint density at radius 2 is 1.85 bits per heavy atom. The van der Waals surface area contributed by atoms with Crippen LogP contribution in [0.1, 0.15) is 31.2 Å². The summed E-state index contributed by atoms with van der Waals surface area (Å²) in [4.78, 5) is 0. The van der Waals surface area contributed by atoms with Gasteiger partial charge in [-0.05, 0) is 24.0 Å². The molecule has 0 spiro atoms. The van der Waals surface area contributed by atoms with E-state index >= 15 is 0 Å². The first-order chi connectivity index (χ1) is 6.36. The molecular weight excluding hydrogens is 163 g/mol. The smallest absolute Gasteiger partial charge is 0.126 e. The summed E-state index contributed by atoms with van der Waals surface area (Å²) in [6, 6.07) is 7.15. The Morgan fingerprint density at radius 3 is 2.54 bits per heavy atom. The first-order valence-electron chi connectivity index (χ1n) is 5.09. The molecule has 70 valence electrons. The molecule has 0 unspecified atom stereocenters. The van der Waals surface area contributed by atoms with E-state index in [1.807, 2.05) is 12.1 Å². The Balaban J connectivity index is 2.04. The lowest BCUT2D eigenvalue weighted by Crippen LogP contribution is -2.00. The topological polar surface area (TPSA) is 0 Å². The minimum absolute atomic E-state index is 0.0330. The highest BCUT2D eigenvalue weighted by molar-refractivity contribution is 5.17. The Bertz CT molecular complexity index is 274. The normalized spacial score (nSPS) is 17.9. The second kappa shape index (κ2) is 3.91. The van der Waals surface area contributed by atoms with Crippen molar-refractivity contribution in [2.75, 3.05) is 0 Å². The molecular formula is C12H15F. The lowest BCUT2D eigenvalue weighted by molar-refractivity contribution is 0.521. The molecule has 1 heteroatoms. The van der Waals surface area contributed by atoms with E-state index < -0.39 is 0 Å². The van der Waals surface area contributed by atoms with Crippen molar-refractivity contribution in [2.45, 2.75) is 32.1 Å². The molecule has 0 nitrogen and oxygen atoms in total. The van der Waals surface area contributed by atoms with Crippen molar-refractivity contribution >= 4 is 0 Å². The minimum Gasteiger partial charge on any atom is -0.207 e.